The second kappa shape index (κ2) is 7.38. The minimum Gasteiger partial charge on any atom is -0.379 e. The van der Waals surface area contributed by atoms with E-state index in [2.05, 4.69) is 9.80 Å². The summed E-state index contributed by atoms with van der Waals surface area (Å²) in [5.41, 5.74) is 0. The molecular formula is C16H24N2O2S. The van der Waals surface area contributed by atoms with E-state index < -0.39 is 0 Å². The van der Waals surface area contributed by atoms with Crippen molar-refractivity contribution in [2.24, 2.45) is 5.92 Å². The molecule has 0 bridgehead atoms. The lowest BCUT2D eigenvalue weighted by molar-refractivity contribution is -0.131. The average Bonchev–Trinajstić information content (AvgIpc) is 3.02. The summed E-state index contributed by atoms with van der Waals surface area (Å²) < 4.78 is 5.39. The third-order valence-electron chi connectivity index (χ3n) is 4.49. The fourth-order valence-electron chi connectivity index (χ4n) is 3.19. The van der Waals surface area contributed by atoms with Crippen LogP contribution >= 0.6 is 11.3 Å². The van der Waals surface area contributed by atoms with Crippen LogP contribution in [0.5, 0.6) is 0 Å². The van der Waals surface area contributed by atoms with Crippen LogP contribution < -0.4 is 0 Å². The Balaban J connectivity index is 1.41. The first-order valence-corrected chi connectivity index (χ1v) is 8.79. The molecule has 0 atom stereocenters. The lowest BCUT2D eigenvalue weighted by atomic mass is 9.95. The number of carbonyl (C=O) groups excluding carboxylic acids is 1. The van der Waals surface area contributed by atoms with Crippen molar-refractivity contribution >= 4 is 17.2 Å². The fourth-order valence-corrected chi connectivity index (χ4v) is 3.88. The molecule has 0 spiro atoms. The van der Waals surface area contributed by atoms with E-state index in [0.717, 1.165) is 58.2 Å². The number of thiophene rings is 1. The summed E-state index contributed by atoms with van der Waals surface area (Å²) in [6.45, 7) is 6.92. The van der Waals surface area contributed by atoms with Gasteiger partial charge in [-0.3, -0.25) is 9.69 Å². The summed E-state index contributed by atoms with van der Waals surface area (Å²) in [6.07, 6.45) is 2.87. The van der Waals surface area contributed by atoms with E-state index in [4.69, 9.17) is 4.74 Å². The molecule has 5 heteroatoms. The Morgan fingerprint density at radius 1 is 1.24 bits per heavy atom. The van der Waals surface area contributed by atoms with Crippen LogP contribution in [-0.2, 0) is 16.0 Å². The smallest absolute Gasteiger partial charge is 0.227 e. The Morgan fingerprint density at radius 2 is 2.00 bits per heavy atom. The van der Waals surface area contributed by atoms with Gasteiger partial charge in [0.1, 0.15) is 0 Å². The Morgan fingerprint density at radius 3 is 2.67 bits per heavy atom. The van der Waals surface area contributed by atoms with E-state index in [-0.39, 0.29) is 0 Å². The molecule has 3 heterocycles. The SMILES string of the molecule is O=C(Cc1cccs1)N1CCC(CN2CCOCC2)CC1. The van der Waals surface area contributed by atoms with Crippen LogP contribution in [0.4, 0.5) is 0 Å². The van der Waals surface area contributed by atoms with E-state index >= 15 is 0 Å². The maximum Gasteiger partial charge on any atom is 0.227 e. The predicted octanol–water partition coefficient (Wildman–Crippen LogP) is 1.86. The van der Waals surface area contributed by atoms with Crippen molar-refractivity contribution < 1.29 is 9.53 Å². The number of rotatable bonds is 4. The van der Waals surface area contributed by atoms with Crippen molar-refractivity contribution in [1.82, 2.24) is 9.80 Å². The zero-order chi connectivity index (χ0) is 14.5. The second-order valence-corrected chi connectivity index (χ2v) is 7.03. The highest BCUT2D eigenvalue weighted by Gasteiger charge is 2.24. The molecule has 0 radical (unpaired) electrons. The molecule has 1 amide bonds. The minimum absolute atomic E-state index is 0.294. The number of hydrogen-bond donors (Lipinski definition) is 0. The molecule has 0 aliphatic carbocycles. The van der Waals surface area contributed by atoms with Gasteiger partial charge in [0, 0.05) is 37.6 Å². The monoisotopic (exact) mass is 308 g/mol. The first-order valence-electron chi connectivity index (χ1n) is 7.91. The molecule has 3 rings (SSSR count). The number of ether oxygens (including phenoxy) is 1. The highest BCUT2D eigenvalue weighted by atomic mass is 32.1. The normalized spacial score (nSPS) is 21.6. The van der Waals surface area contributed by atoms with Gasteiger partial charge < -0.3 is 9.64 Å². The van der Waals surface area contributed by atoms with Crippen LogP contribution in [0.2, 0.25) is 0 Å². The Kier molecular flexibility index (Phi) is 5.27. The average molecular weight is 308 g/mol. The lowest BCUT2D eigenvalue weighted by Gasteiger charge is -2.36. The van der Waals surface area contributed by atoms with Gasteiger partial charge in [0.2, 0.25) is 5.91 Å². The van der Waals surface area contributed by atoms with E-state index in [9.17, 15) is 4.79 Å². The van der Waals surface area contributed by atoms with Crippen LogP contribution in [0, 0.1) is 5.92 Å². The largest absolute Gasteiger partial charge is 0.379 e. The molecule has 0 saturated carbocycles. The van der Waals surface area contributed by atoms with Gasteiger partial charge in [0.15, 0.2) is 0 Å². The molecule has 0 unspecified atom stereocenters. The quantitative estimate of drug-likeness (QED) is 0.851. The summed E-state index contributed by atoms with van der Waals surface area (Å²) >= 11 is 1.67. The topological polar surface area (TPSA) is 32.8 Å². The molecule has 1 aromatic rings. The highest BCUT2D eigenvalue weighted by Crippen LogP contribution is 2.20. The van der Waals surface area contributed by atoms with Crippen molar-refractivity contribution in [3.8, 4) is 0 Å². The van der Waals surface area contributed by atoms with Crippen LogP contribution in [0.25, 0.3) is 0 Å². The standard InChI is InChI=1S/C16H24N2O2S/c19-16(12-15-2-1-11-21-15)18-5-3-14(4-6-18)13-17-7-9-20-10-8-17/h1-2,11,14H,3-10,12-13H2. The van der Waals surface area contributed by atoms with Crippen LogP contribution in [0.15, 0.2) is 17.5 Å². The van der Waals surface area contributed by atoms with E-state index in [1.54, 1.807) is 11.3 Å². The number of morpholine rings is 1. The lowest BCUT2D eigenvalue weighted by Crippen LogP contribution is -2.44. The van der Waals surface area contributed by atoms with Crippen LogP contribution in [0.1, 0.15) is 17.7 Å². The molecule has 4 nitrogen and oxygen atoms in total. The zero-order valence-electron chi connectivity index (χ0n) is 12.5. The molecule has 2 fully saturated rings. The molecule has 1 aromatic heterocycles. The maximum absolute atomic E-state index is 12.3. The number of amides is 1. The van der Waals surface area contributed by atoms with Gasteiger partial charge in [-0.1, -0.05) is 6.07 Å². The summed E-state index contributed by atoms with van der Waals surface area (Å²) in [6, 6.07) is 4.07. The molecule has 2 saturated heterocycles. The summed E-state index contributed by atoms with van der Waals surface area (Å²) in [7, 11) is 0. The van der Waals surface area contributed by atoms with E-state index in [1.807, 2.05) is 17.5 Å². The van der Waals surface area contributed by atoms with Crippen molar-refractivity contribution in [3.05, 3.63) is 22.4 Å². The molecule has 0 N–H and O–H groups in total. The van der Waals surface area contributed by atoms with Crippen molar-refractivity contribution in [2.45, 2.75) is 19.3 Å². The second-order valence-electron chi connectivity index (χ2n) is 5.99. The van der Waals surface area contributed by atoms with Gasteiger partial charge in [0.25, 0.3) is 0 Å². The number of piperidine rings is 1. The molecule has 0 aromatic carbocycles. The summed E-state index contributed by atoms with van der Waals surface area (Å²) in [5, 5.41) is 2.04. The van der Waals surface area contributed by atoms with Crippen LogP contribution in [0.3, 0.4) is 0 Å². The van der Waals surface area contributed by atoms with Gasteiger partial charge in [0.05, 0.1) is 19.6 Å². The molecule has 2 aliphatic rings. The molecule has 116 valence electrons. The van der Waals surface area contributed by atoms with Crippen molar-refractivity contribution in [3.63, 3.8) is 0 Å². The van der Waals surface area contributed by atoms with Gasteiger partial charge in [-0.2, -0.15) is 0 Å². The highest BCUT2D eigenvalue weighted by molar-refractivity contribution is 7.10. The molecular weight excluding hydrogens is 284 g/mol. The maximum atomic E-state index is 12.3. The number of likely N-dealkylation sites (tertiary alicyclic amines) is 1. The minimum atomic E-state index is 0.294. The first-order chi connectivity index (χ1) is 10.3. The Labute approximate surface area is 130 Å². The third-order valence-corrected chi connectivity index (χ3v) is 5.37. The predicted molar refractivity (Wildman–Crippen MR) is 84.6 cm³/mol. The third kappa shape index (κ3) is 4.28. The van der Waals surface area contributed by atoms with Crippen molar-refractivity contribution in [1.29, 1.82) is 0 Å². The van der Waals surface area contributed by atoms with Crippen molar-refractivity contribution in [2.75, 3.05) is 45.9 Å². The molecule has 2 aliphatic heterocycles. The Hall–Kier alpha value is -0.910. The zero-order valence-corrected chi connectivity index (χ0v) is 13.3. The van der Waals surface area contributed by atoms with Gasteiger partial charge >= 0.3 is 0 Å². The number of nitrogens with zero attached hydrogens (tertiary/aromatic N) is 2. The fraction of sp³-hybridized carbons (Fsp3) is 0.688. The van der Waals surface area contributed by atoms with Gasteiger partial charge in [-0.15, -0.1) is 11.3 Å². The number of carbonyl (C=O) groups is 1. The van der Waals surface area contributed by atoms with Gasteiger partial charge in [-0.05, 0) is 30.2 Å². The summed E-state index contributed by atoms with van der Waals surface area (Å²) in [5.74, 6) is 1.04. The number of hydrogen-bond acceptors (Lipinski definition) is 4. The summed E-state index contributed by atoms with van der Waals surface area (Å²) in [4.78, 5) is 18.0. The Bertz CT molecular complexity index is 435. The van der Waals surface area contributed by atoms with Crippen LogP contribution in [-0.4, -0.2) is 61.6 Å². The van der Waals surface area contributed by atoms with E-state index in [1.165, 1.54) is 11.4 Å². The molecule has 21 heavy (non-hydrogen) atoms. The van der Waals surface area contributed by atoms with E-state index in [0.29, 0.717) is 12.3 Å². The van der Waals surface area contributed by atoms with Gasteiger partial charge in [-0.25, -0.2) is 0 Å². The first kappa shape index (κ1) is 15.0.